The highest BCUT2D eigenvalue weighted by atomic mass is 32.2. The highest BCUT2D eigenvalue weighted by molar-refractivity contribution is 8.00. The summed E-state index contributed by atoms with van der Waals surface area (Å²) in [6.07, 6.45) is 2.82. The van der Waals surface area contributed by atoms with Gasteiger partial charge in [-0.1, -0.05) is 100 Å². The Labute approximate surface area is 444 Å². The molecule has 2 aliphatic carbocycles. The summed E-state index contributed by atoms with van der Waals surface area (Å²) >= 11 is 3.35. The van der Waals surface area contributed by atoms with Crippen molar-refractivity contribution in [3.05, 3.63) is 106 Å². The zero-order valence-electron chi connectivity index (χ0n) is 43.9. The maximum Gasteiger partial charge on any atom is 0.246 e. The van der Waals surface area contributed by atoms with Gasteiger partial charge in [-0.2, -0.15) is 0 Å². The summed E-state index contributed by atoms with van der Waals surface area (Å²) in [6.45, 7) is 12.3. The minimum Gasteiger partial charge on any atom is -0.371 e. The number of rotatable bonds is 16. The van der Waals surface area contributed by atoms with Crippen molar-refractivity contribution in [3.8, 4) is 0 Å². The third kappa shape index (κ3) is 11.0. The summed E-state index contributed by atoms with van der Waals surface area (Å²) in [7, 11) is 3.41. The smallest absolute Gasteiger partial charge is 0.246 e. The number of ether oxygens (including phenoxy) is 2. The topological polar surface area (TPSA) is 200 Å². The maximum absolute atomic E-state index is 14.7. The molecule has 3 aromatic carbocycles. The van der Waals surface area contributed by atoms with Crippen LogP contribution >= 0.6 is 23.5 Å². The van der Waals surface area contributed by atoms with Gasteiger partial charge in [0.05, 0.1) is 60.3 Å². The number of benzene rings is 3. The Morgan fingerprint density at radius 3 is 1.35 bits per heavy atom. The molecule has 6 N–H and O–H groups in total. The van der Waals surface area contributed by atoms with Gasteiger partial charge < -0.3 is 51.2 Å². The van der Waals surface area contributed by atoms with E-state index in [9.17, 15) is 28.8 Å². The molecule has 4 aliphatic heterocycles. The van der Waals surface area contributed by atoms with E-state index in [2.05, 4.69) is 44.0 Å². The van der Waals surface area contributed by atoms with Gasteiger partial charge in [0.15, 0.2) is 0 Å². The number of nitrogens with one attached hydrogen (secondary N) is 6. The van der Waals surface area contributed by atoms with Gasteiger partial charge in [-0.15, -0.1) is 23.5 Å². The fraction of sp³-hybridized carbons (Fsp3) is 0.571. The van der Waals surface area contributed by atoms with Gasteiger partial charge in [-0.05, 0) is 109 Å². The molecule has 0 aromatic heterocycles. The van der Waals surface area contributed by atoms with Crippen LogP contribution in [0.15, 0.2) is 72.8 Å². The Morgan fingerprint density at radius 2 is 0.973 bits per heavy atom. The van der Waals surface area contributed by atoms with Crippen molar-refractivity contribution in [2.75, 3.05) is 25.6 Å². The highest BCUT2D eigenvalue weighted by Crippen LogP contribution is 2.49. The van der Waals surface area contributed by atoms with Crippen LogP contribution in [-0.2, 0) is 64.3 Å². The summed E-state index contributed by atoms with van der Waals surface area (Å²) < 4.78 is 13.4. The van der Waals surface area contributed by atoms with Crippen LogP contribution < -0.4 is 31.9 Å². The average Bonchev–Trinajstić information content (AvgIpc) is 4.03. The van der Waals surface area contributed by atoms with Crippen LogP contribution in [-0.4, -0.2) is 130 Å². The van der Waals surface area contributed by atoms with E-state index in [1.165, 1.54) is 0 Å². The van der Waals surface area contributed by atoms with Crippen LogP contribution in [0.4, 0.5) is 0 Å². The molecule has 16 nitrogen and oxygen atoms in total. The SMILES string of the molecule is CN[C@@H](C)C(=O)N[C@@H]1CCSC2CC(C)(C)[C@H](C(=O)N[C@@H]3c4ccccc4C[C@@H]3OCc3ccc(CO[C@@H]4Cc5ccccc5[C@@H]4NC(=O)[C@H]4N5C(=O)[C@@H](NC(=O)[C@@H](C)NC)CCSC5CC4(C)C)cc3)N2C1=O. The monoisotopic (exact) mass is 1050 g/mol. The minimum absolute atomic E-state index is 0.177. The largest absolute Gasteiger partial charge is 0.371 e. The molecular weight excluding hydrogens is 977 g/mol. The molecule has 4 fully saturated rings. The normalized spacial score (nSPS) is 29.5. The van der Waals surface area contributed by atoms with E-state index in [0.29, 0.717) is 63.2 Å². The fourth-order valence-corrected chi connectivity index (χ4v) is 15.1. The maximum atomic E-state index is 14.7. The molecule has 9 rings (SSSR count). The van der Waals surface area contributed by atoms with E-state index >= 15 is 0 Å². The molecule has 0 radical (unpaired) electrons. The molecule has 0 bridgehead atoms. The Morgan fingerprint density at radius 1 is 0.595 bits per heavy atom. The molecule has 0 saturated carbocycles. The summed E-state index contributed by atoms with van der Waals surface area (Å²) in [5, 5.41) is 18.1. The molecule has 4 heterocycles. The molecule has 3 aromatic rings. The Bertz CT molecular complexity index is 2420. The average molecular weight is 1050 g/mol. The molecular formula is C56H74N8O8S2. The number of hydrogen-bond acceptors (Lipinski definition) is 12. The van der Waals surface area contributed by atoms with Gasteiger partial charge in [0.25, 0.3) is 0 Å². The van der Waals surface area contributed by atoms with Gasteiger partial charge >= 0.3 is 0 Å². The second kappa shape index (κ2) is 22.3. The molecule has 2 unspecified atom stereocenters. The molecule has 12 atom stereocenters. The molecule has 0 spiro atoms. The number of nitrogens with zero attached hydrogens (tertiary/aromatic N) is 2. The van der Waals surface area contributed by atoms with Gasteiger partial charge in [0.1, 0.15) is 24.2 Å². The first-order valence-electron chi connectivity index (χ1n) is 26.3. The van der Waals surface area contributed by atoms with Crippen LogP contribution in [0, 0.1) is 10.8 Å². The van der Waals surface area contributed by atoms with Gasteiger partial charge in [-0.3, -0.25) is 28.8 Å². The lowest BCUT2D eigenvalue weighted by Gasteiger charge is -2.35. The van der Waals surface area contributed by atoms with E-state index in [1.54, 1.807) is 61.3 Å². The van der Waals surface area contributed by atoms with E-state index < -0.39 is 59.2 Å². The van der Waals surface area contributed by atoms with Crippen molar-refractivity contribution >= 4 is 59.0 Å². The van der Waals surface area contributed by atoms with Crippen LogP contribution in [0.5, 0.6) is 0 Å². The zero-order chi connectivity index (χ0) is 52.6. The summed E-state index contributed by atoms with van der Waals surface area (Å²) in [5.74, 6) is -0.0156. The Balaban J connectivity index is 0.841. The van der Waals surface area contributed by atoms with Crippen molar-refractivity contribution < 1.29 is 38.2 Å². The van der Waals surface area contributed by atoms with Crippen molar-refractivity contribution in [1.29, 1.82) is 0 Å². The molecule has 74 heavy (non-hydrogen) atoms. The number of carbonyl (C=O) groups is 6. The van der Waals surface area contributed by atoms with Crippen LogP contribution in [0.2, 0.25) is 0 Å². The molecule has 6 aliphatic rings. The second-order valence-electron chi connectivity index (χ2n) is 22.3. The Hall–Kier alpha value is -4.98. The zero-order valence-corrected chi connectivity index (χ0v) is 45.5. The molecule has 4 saturated heterocycles. The van der Waals surface area contributed by atoms with Gasteiger partial charge in [0.2, 0.25) is 35.4 Å². The number of fused-ring (bicyclic) bond motifs is 4. The second-order valence-corrected chi connectivity index (χ2v) is 24.9. The van der Waals surface area contributed by atoms with Gasteiger partial charge in [0, 0.05) is 12.8 Å². The van der Waals surface area contributed by atoms with Crippen LogP contribution in [0.3, 0.4) is 0 Å². The lowest BCUT2D eigenvalue weighted by atomic mass is 9.83. The van der Waals surface area contributed by atoms with Crippen LogP contribution in [0.1, 0.15) is 113 Å². The van der Waals surface area contributed by atoms with Crippen molar-refractivity contribution in [1.82, 2.24) is 41.7 Å². The molecule has 6 amide bonds. The lowest BCUT2D eigenvalue weighted by Crippen LogP contribution is -2.58. The highest BCUT2D eigenvalue weighted by Gasteiger charge is 2.57. The molecule has 398 valence electrons. The van der Waals surface area contributed by atoms with Crippen molar-refractivity contribution in [2.24, 2.45) is 10.8 Å². The summed E-state index contributed by atoms with van der Waals surface area (Å²) in [6, 6.07) is 19.5. The van der Waals surface area contributed by atoms with Crippen molar-refractivity contribution in [2.45, 2.75) is 165 Å². The van der Waals surface area contributed by atoms with E-state index in [1.807, 2.05) is 88.4 Å². The van der Waals surface area contributed by atoms with E-state index in [0.717, 1.165) is 33.4 Å². The van der Waals surface area contributed by atoms with Crippen LogP contribution in [0.25, 0.3) is 0 Å². The molecule has 18 heteroatoms. The number of thioether (sulfide) groups is 2. The number of carbonyl (C=O) groups excluding carboxylic acids is 6. The quantitative estimate of drug-likeness (QED) is 0.116. The predicted molar refractivity (Wildman–Crippen MR) is 286 cm³/mol. The first kappa shape index (κ1) is 53.8. The first-order valence-corrected chi connectivity index (χ1v) is 28.4. The summed E-state index contributed by atoms with van der Waals surface area (Å²) in [4.78, 5) is 87.2. The van der Waals surface area contributed by atoms with E-state index in [4.69, 9.17) is 9.47 Å². The number of amides is 6. The fourth-order valence-electron chi connectivity index (χ4n) is 11.9. The summed E-state index contributed by atoms with van der Waals surface area (Å²) in [5.41, 5.74) is 5.08. The lowest BCUT2D eigenvalue weighted by molar-refractivity contribution is -0.144. The minimum atomic E-state index is -0.738. The third-order valence-electron chi connectivity index (χ3n) is 16.3. The van der Waals surface area contributed by atoms with Gasteiger partial charge in [-0.25, -0.2) is 0 Å². The van der Waals surface area contributed by atoms with E-state index in [-0.39, 0.29) is 58.4 Å². The number of likely N-dealkylation sites (N-methyl/N-ethyl adjacent to an activating group) is 2. The predicted octanol–water partition coefficient (Wildman–Crippen LogP) is 4.65. The standard InChI is InChI=1S/C56H74N8O8S2/c1-31(57-7)49(65)59-39-21-23-73-43-27-55(3,4)47(63(43)53(39)69)51(67)61-45-37-15-11-9-13-35(37)25-41(45)71-29-33-17-19-34(20-18-33)30-72-42-26-36-14-10-12-16-38(36)46(42)62-52(68)48-56(5,6)28-44-64(48)54(70)40(22-24-74-44)60-50(66)32(2)58-8/h9-20,31-32,39-48,57-58H,21-30H2,1-8H3,(H,59,65)(H,60,66)(H,61,67)(H,62,68)/t31-,32+,39+,40-,41-,42+,43?,44?,45+,46-,47-,48+. The first-order chi connectivity index (χ1) is 35.4. The third-order valence-corrected chi connectivity index (χ3v) is 18.8. The Kier molecular flexibility index (Phi) is 16.2. The van der Waals surface area contributed by atoms with Crippen molar-refractivity contribution in [3.63, 3.8) is 0 Å². The number of hydrogen-bond donors (Lipinski definition) is 6.